The number of nitrogens with two attached hydrogens (primary N) is 1. The number of rotatable bonds is 5. The third-order valence-electron chi connectivity index (χ3n) is 6.15. The molecule has 24 heavy (non-hydrogen) atoms. The zero-order valence-corrected chi connectivity index (χ0v) is 15.1. The van der Waals surface area contributed by atoms with Crippen molar-refractivity contribution in [1.82, 2.24) is 5.32 Å². The van der Waals surface area contributed by atoms with Gasteiger partial charge in [0.2, 0.25) is 5.91 Å². The first-order valence-electron chi connectivity index (χ1n) is 9.70. The van der Waals surface area contributed by atoms with E-state index >= 15 is 0 Å². The van der Waals surface area contributed by atoms with Crippen molar-refractivity contribution in [1.29, 1.82) is 0 Å². The number of fused-ring (bicyclic) bond motifs is 2. The molecule has 3 N–H and O–H groups in total. The molecule has 3 nitrogen and oxygen atoms in total. The van der Waals surface area contributed by atoms with Crippen LogP contribution in [0.5, 0.6) is 0 Å². The van der Waals surface area contributed by atoms with E-state index in [0.29, 0.717) is 30.3 Å². The van der Waals surface area contributed by atoms with E-state index in [1.165, 1.54) is 30.4 Å². The number of carbonyl (C=O) groups is 1. The first-order valence-corrected chi connectivity index (χ1v) is 9.70. The Bertz CT molecular complexity index is 539. The van der Waals surface area contributed by atoms with Crippen LogP contribution in [0.4, 0.5) is 0 Å². The first-order chi connectivity index (χ1) is 11.6. The van der Waals surface area contributed by atoms with Gasteiger partial charge in [0.05, 0.1) is 0 Å². The van der Waals surface area contributed by atoms with Crippen LogP contribution >= 0.6 is 0 Å². The zero-order valence-electron chi connectivity index (χ0n) is 15.1. The maximum absolute atomic E-state index is 12.6. The van der Waals surface area contributed by atoms with E-state index in [1.807, 2.05) is 0 Å². The van der Waals surface area contributed by atoms with Crippen LogP contribution in [-0.2, 0) is 11.2 Å². The Morgan fingerprint density at radius 1 is 1.21 bits per heavy atom. The predicted molar refractivity (Wildman–Crippen MR) is 98.8 cm³/mol. The van der Waals surface area contributed by atoms with E-state index < -0.39 is 0 Å². The van der Waals surface area contributed by atoms with E-state index in [9.17, 15) is 4.79 Å². The molecule has 0 spiro atoms. The number of hydrogen-bond acceptors (Lipinski definition) is 2. The quantitative estimate of drug-likeness (QED) is 0.864. The van der Waals surface area contributed by atoms with Crippen molar-refractivity contribution in [2.75, 3.05) is 0 Å². The molecule has 0 heterocycles. The van der Waals surface area contributed by atoms with Crippen molar-refractivity contribution >= 4 is 5.91 Å². The minimum absolute atomic E-state index is 0.208. The number of amides is 1. The van der Waals surface area contributed by atoms with Crippen LogP contribution in [0, 0.1) is 11.8 Å². The Labute approximate surface area is 146 Å². The maximum Gasteiger partial charge on any atom is 0.220 e. The lowest BCUT2D eigenvalue weighted by Crippen LogP contribution is -2.53. The minimum Gasteiger partial charge on any atom is -0.353 e. The highest BCUT2D eigenvalue weighted by atomic mass is 16.1. The second-order valence-corrected chi connectivity index (χ2v) is 7.98. The summed E-state index contributed by atoms with van der Waals surface area (Å²) < 4.78 is 0. The Morgan fingerprint density at radius 2 is 1.83 bits per heavy atom. The highest BCUT2D eigenvalue weighted by Gasteiger charge is 2.39. The smallest absolute Gasteiger partial charge is 0.220 e. The average molecular weight is 329 g/mol. The van der Waals surface area contributed by atoms with Crippen molar-refractivity contribution in [3.8, 4) is 0 Å². The summed E-state index contributed by atoms with van der Waals surface area (Å²) in [6.45, 7) is 4.32. The summed E-state index contributed by atoms with van der Waals surface area (Å²) in [5.41, 5.74) is 8.79. The molecule has 3 rings (SSSR count). The van der Waals surface area contributed by atoms with Gasteiger partial charge in [0, 0.05) is 18.5 Å². The van der Waals surface area contributed by atoms with Gasteiger partial charge in [-0.05, 0) is 61.0 Å². The van der Waals surface area contributed by atoms with Gasteiger partial charge in [-0.15, -0.1) is 0 Å². The van der Waals surface area contributed by atoms with Gasteiger partial charge in [-0.1, -0.05) is 44.5 Å². The lowest BCUT2D eigenvalue weighted by molar-refractivity contribution is -0.123. The molecule has 1 aromatic rings. The van der Waals surface area contributed by atoms with Crippen LogP contribution in [-0.4, -0.2) is 18.0 Å². The molecule has 3 atom stereocenters. The fourth-order valence-corrected chi connectivity index (χ4v) is 4.75. The topological polar surface area (TPSA) is 55.1 Å². The highest BCUT2D eigenvalue weighted by Crippen LogP contribution is 2.39. The summed E-state index contributed by atoms with van der Waals surface area (Å²) in [6, 6.07) is 9.40. The molecule has 2 aliphatic rings. The van der Waals surface area contributed by atoms with E-state index in [0.717, 1.165) is 19.3 Å². The summed E-state index contributed by atoms with van der Waals surface area (Å²) in [7, 11) is 0. The number of benzene rings is 1. The van der Waals surface area contributed by atoms with Crippen LogP contribution < -0.4 is 11.1 Å². The number of nitrogens with one attached hydrogen (secondary N) is 1. The number of carbonyl (C=O) groups excluding carboxylic acids is 1. The lowest BCUT2D eigenvalue weighted by Gasteiger charge is -2.45. The first kappa shape index (κ1) is 17.5. The molecule has 2 aliphatic carbocycles. The normalized spacial score (nSPS) is 30.6. The Kier molecular flexibility index (Phi) is 5.60. The lowest BCUT2D eigenvalue weighted by atomic mass is 9.67. The van der Waals surface area contributed by atoms with Crippen molar-refractivity contribution in [2.45, 2.75) is 76.8 Å². The molecule has 0 saturated heterocycles. The van der Waals surface area contributed by atoms with E-state index in [-0.39, 0.29) is 11.8 Å². The van der Waals surface area contributed by atoms with Gasteiger partial charge in [-0.2, -0.15) is 0 Å². The fraction of sp³-hybridized carbons (Fsp3) is 0.667. The fourth-order valence-electron chi connectivity index (χ4n) is 4.75. The largest absolute Gasteiger partial charge is 0.353 e. The van der Waals surface area contributed by atoms with E-state index in [4.69, 9.17) is 5.73 Å². The van der Waals surface area contributed by atoms with Gasteiger partial charge < -0.3 is 11.1 Å². The summed E-state index contributed by atoms with van der Waals surface area (Å²) in [5.74, 6) is 1.66. The summed E-state index contributed by atoms with van der Waals surface area (Å²) in [5, 5.41) is 3.37. The second-order valence-electron chi connectivity index (χ2n) is 7.98. The van der Waals surface area contributed by atoms with Gasteiger partial charge in [0.15, 0.2) is 0 Å². The monoisotopic (exact) mass is 328 g/mol. The Balaban J connectivity index is 1.56. The van der Waals surface area contributed by atoms with Gasteiger partial charge >= 0.3 is 0 Å². The average Bonchev–Trinajstić information content (AvgIpc) is 2.55. The van der Waals surface area contributed by atoms with Crippen LogP contribution in [0.1, 0.15) is 69.4 Å². The maximum atomic E-state index is 12.6. The van der Waals surface area contributed by atoms with Crippen molar-refractivity contribution in [3.63, 3.8) is 0 Å². The summed E-state index contributed by atoms with van der Waals surface area (Å²) in [6.07, 6.45) is 7.54. The molecule has 2 bridgehead atoms. The predicted octanol–water partition coefficient (Wildman–Crippen LogP) is 3.76. The molecular weight excluding hydrogens is 296 g/mol. The molecule has 3 heteroatoms. The van der Waals surface area contributed by atoms with Gasteiger partial charge in [0.25, 0.3) is 0 Å². The van der Waals surface area contributed by atoms with Crippen molar-refractivity contribution in [3.05, 3.63) is 35.4 Å². The van der Waals surface area contributed by atoms with Crippen LogP contribution in [0.3, 0.4) is 0 Å². The third kappa shape index (κ3) is 4.00. The van der Waals surface area contributed by atoms with Gasteiger partial charge in [0.1, 0.15) is 0 Å². The van der Waals surface area contributed by atoms with Crippen molar-refractivity contribution < 1.29 is 4.79 Å². The molecule has 2 fully saturated rings. The Hall–Kier alpha value is -1.35. The van der Waals surface area contributed by atoms with Crippen molar-refractivity contribution in [2.24, 2.45) is 17.6 Å². The van der Waals surface area contributed by atoms with Crippen LogP contribution in [0.15, 0.2) is 24.3 Å². The minimum atomic E-state index is 0.208. The second kappa shape index (κ2) is 7.69. The number of aryl methyl sites for hydroxylation is 1. The van der Waals surface area contributed by atoms with E-state index in [2.05, 4.69) is 43.4 Å². The molecule has 0 aromatic heterocycles. The summed E-state index contributed by atoms with van der Waals surface area (Å²) >= 11 is 0. The third-order valence-corrected chi connectivity index (χ3v) is 6.15. The molecule has 0 aliphatic heterocycles. The van der Waals surface area contributed by atoms with Crippen LogP contribution in [0.2, 0.25) is 0 Å². The highest BCUT2D eigenvalue weighted by molar-refractivity contribution is 5.77. The molecule has 1 aromatic carbocycles. The van der Waals surface area contributed by atoms with E-state index in [1.54, 1.807) is 0 Å². The molecule has 132 valence electrons. The molecule has 0 radical (unpaired) electrons. The summed E-state index contributed by atoms with van der Waals surface area (Å²) in [4.78, 5) is 12.6. The molecule has 3 unspecified atom stereocenters. The molecule has 1 amide bonds. The van der Waals surface area contributed by atoms with Gasteiger partial charge in [-0.3, -0.25) is 4.79 Å². The standard InChI is InChI=1S/C21H32N2O/c1-3-15-7-9-16(10-8-15)14(2)11-20(24)23-21-17-5-4-6-18(21)13-19(22)12-17/h7-10,14,17-19,21H,3-6,11-13,22H2,1-2H3,(H,23,24). The number of hydrogen-bond donors (Lipinski definition) is 2. The van der Waals surface area contributed by atoms with Crippen LogP contribution in [0.25, 0.3) is 0 Å². The Morgan fingerprint density at radius 3 is 2.42 bits per heavy atom. The zero-order chi connectivity index (χ0) is 17.1. The SMILES string of the molecule is CCc1ccc(C(C)CC(=O)NC2C3CCCC2CC(N)C3)cc1. The van der Waals surface area contributed by atoms with Gasteiger partial charge in [-0.25, -0.2) is 0 Å². The molecule has 2 saturated carbocycles. The molecular formula is C21H32N2O.